The number of carbonyl (C=O) groups is 2. The fourth-order valence-corrected chi connectivity index (χ4v) is 3.14. The summed E-state index contributed by atoms with van der Waals surface area (Å²) in [7, 11) is 1.76. The van der Waals surface area contributed by atoms with E-state index in [-0.39, 0.29) is 17.7 Å². The second kappa shape index (κ2) is 6.08. The van der Waals surface area contributed by atoms with Gasteiger partial charge in [-0.05, 0) is 6.92 Å². The molecule has 2 saturated heterocycles. The molecule has 0 radical (unpaired) electrons. The van der Waals surface area contributed by atoms with E-state index in [4.69, 9.17) is 4.52 Å². The fraction of sp³-hybridized carbons (Fsp3) is 0.667. The first-order chi connectivity index (χ1) is 10.5. The molecule has 0 N–H and O–H groups in total. The predicted molar refractivity (Wildman–Crippen MR) is 78.8 cm³/mol. The molecule has 3 heterocycles. The topological polar surface area (TPSA) is 69.9 Å². The summed E-state index contributed by atoms with van der Waals surface area (Å²) in [4.78, 5) is 29.8. The molecule has 2 aliphatic rings. The summed E-state index contributed by atoms with van der Waals surface area (Å²) >= 11 is 0. The van der Waals surface area contributed by atoms with Crippen LogP contribution in [0.15, 0.2) is 10.6 Å². The first-order valence-corrected chi connectivity index (χ1v) is 7.70. The van der Waals surface area contributed by atoms with E-state index in [0.29, 0.717) is 26.1 Å². The first kappa shape index (κ1) is 15.0. The molecule has 22 heavy (non-hydrogen) atoms. The predicted octanol–water partition coefficient (Wildman–Crippen LogP) is 0.106. The molecule has 7 heteroatoms. The Morgan fingerprint density at radius 1 is 1.36 bits per heavy atom. The van der Waals surface area contributed by atoms with Crippen molar-refractivity contribution in [2.45, 2.75) is 19.9 Å². The molecule has 2 aliphatic heterocycles. The molecule has 1 unspecified atom stereocenters. The van der Waals surface area contributed by atoms with Crippen LogP contribution in [0.5, 0.6) is 0 Å². The van der Waals surface area contributed by atoms with Gasteiger partial charge >= 0.3 is 0 Å². The SMILES string of the molecule is Cc1cc(CN2CCN(C(=O)C3CC(=O)N(C)C3)CC2)no1. The Morgan fingerprint density at radius 3 is 2.64 bits per heavy atom. The maximum atomic E-state index is 12.5. The second-order valence-electron chi connectivity index (χ2n) is 6.21. The quantitative estimate of drug-likeness (QED) is 0.792. The number of carbonyl (C=O) groups excluding carboxylic acids is 2. The van der Waals surface area contributed by atoms with Crippen molar-refractivity contribution < 1.29 is 14.1 Å². The van der Waals surface area contributed by atoms with Gasteiger partial charge in [-0.2, -0.15) is 0 Å². The van der Waals surface area contributed by atoms with E-state index < -0.39 is 0 Å². The summed E-state index contributed by atoms with van der Waals surface area (Å²) in [5, 5.41) is 4.00. The molecule has 120 valence electrons. The molecule has 0 spiro atoms. The van der Waals surface area contributed by atoms with Crippen LogP contribution in [0, 0.1) is 12.8 Å². The van der Waals surface area contributed by atoms with Crippen molar-refractivity contribution in [3.63, 3.8) is 0 Å². The maximum Gasteiger partial charge on any atom is 0.228 e. The molecule has 2 fully saturated rings. The average molecular weight is 306 g/mol. The molecule has 1 aromatic rings. The van der Waals surface area contributed by atoms with Crippen LogP contribution in [0.2, 0.25) is 0 Å². The lowest BCUT2D eigenvalue weighted by Crippen LogP contribution is -2.50. The van der Waals surface area contributed by atoms with Crippen LogP contribution in [0.4, 0.5) is 0 Å². The first-order valence-electron chi connectivity index (χ1n) is 7.70. The normalized spacial score (nSPS) is 23.4. The number of amides is 2. The van der Waals surface area contributed by atoms with Gasteiger partial charge in [0, 0.05) is 58.8 Å². The molecule has 1 atom stereocenters. The molecule has 0 aliphatic carbocycles. The minimum Gasteiger partial charge on any atom is -0.361 e. The lowest BCUT2D eigenvalue weighted by atomic mass is 10.1. The largest absolute Gasteiger partial charge is 0.361 e. The minimum atomic E-state index is -0.165. The number of piperazine rings is 1. The summed E-state index contributed by atoms with van der Waals surface area (Å²) in [6.07, 6.45) is 0.355. The van der Waals surface area contributed by atoms with E-state index in [9.17, 15) is 9.59 Å². The molecule has 1 aromatic heterocycles. The monoisotopic (exact) mass is 306 g/mol. The van der Waals surface area contributed by atoms with E-state index in [2.05, 4.69) is 10.1 Å². The Labute approximate surface area is 129 Å². The van der Waals surface area contributed by atoms with Gasteiger partial charge in [-0.3, -0.25) is 14.5 Å². The number of aryl methyl sites for hydroxylation is 1. The van der Waals surface area contributed by atoms with Crippen molar-refractivity contribution in [2.24, 2.45) is 5.92 Å². The van der Waals surface area contributed by atoms with Crippen LogP contribution in [0.3, 0.4) is 0 Å². The highest BCUT2D eigenvalue weighted by Crippen LogP contribution is 2.19. The van der Waals surface area contributed by atoms with Crippen LogP contribution in [-0.4, -0.2) is 71.4 Å². The van der Waals surface area contributed by atoms with Gasteiger partial charge in [-0.25, -0.2) is 0 Å². The van der Waals surface area contributed by atoms with E-state index in [0.717, 1.165) is 31.1 Å². The zero-order valence-electron chi connectivity index (χ0n) is 13.1. The highest BCUT2D eigenvalue weighted by Gasteiger charge is 2.35. The maximum absolute atomic E-state index is 12.5. The Morgan fingerprint density at radius 2 is 2.09 bits per heavy atom. The highest BCUT2D eigenvalue weighted by molar-refractivity contribution is 5.89. The summed E-state index contributed by atoms with van der Waals surface area (Å²) < 4.78 is 5.08. The van der Waals surface area contributed by atoms with Gasteiger partial charge in [0.15, 0.2) is 0 Å². The van der Waals surface area contributed by atoms with Crippen molar-refractivity contribution >= 4 is 11.8 Å². The van der Waals surface area contributed by atoms with Crippen LogP contribution in [0.1, 0.15) is 17.9 Å². The second-order valence-corrected chi connectivity index (χ2v) is 6.21. The number of likely N-dealkylation sites (tertiary alicyclic amines) is 1. The third kappa shape index (κ3) is 3.14. The van der Waals surface area contributed by atoms with Crippen molar-refractivity contribution in [3.05, 3.63) is 17.5 Å². The van der Waals surface area contributed by atoms with E-state index in [1.165, 1.54) is 0 Å². The smallest absolute Gasteiger partial charge is 0.228 e. The number of aromatic nitrogens is 1. The van der Waals surface area contributed by atoms with Crippen molar-refractivity contribution in [1.29, 1.82) is 0 Å². The van der Waals surface area contributed by atoms with Crippen molar-refractivity contribution in [1.82, 2.24) is 19.9 Å². The Hall–Kier alpha value is -1.89. The zero-order chi connectivity index (χ0) is 15.7. The van der Waals surface area contributed by atoms with Gasteiger partial charge in [-0.15, -0.1) is 0 Å². The van der Waals surface area contributed by atoms with Crippen LogP contribution >= 0.6 is 0 Å². The minimum absolute atomic E-state index is 0.0680. The summed E-state index contributed by atoms with van der Waals surface area (Å²) in [5.74, 6) is 0.842. The Kier molecular flexibility index (Phi) is 4.15. The van der Waals surface area contributed by atoms with E-state index in [1.54, 1.807) is 11.9 Å². The fourth-order valence-electron chi connectivity index (χ4n) is 3.14. The van der Waals surface area contributed by atoms with Gasteiger partial charge in [0.25, 0.3) is 0 Å². The van der Waals surface area contributed by atoms with Gasteiger partial charge in [0.05, 0.1) is 11.6 Å². The summed E-state index contributed by atoms with van der Waals surface area (Å²) in [6.45, 7) is 6.27. The third-order valence-corrected chi connectivity index (χ3v) is 4.44. The Balaban J connectivity index is 1.49. The number of nitrogens with zero attached hydrogens (tertiary/aromatic N) is 4. The van der Waals surface area contributed by atoms with Gasteiger partial charge in [0.2, 0.25) is 11.8 Å². The molecule has 2 amide bonds. The third-order valence-electron chi connectivity index (χ3n) is 4.44. The van der Waals surface area contributed by atoms with Crippen LogP contribution < -0.4 is 0 Å². The Bertz CT molecular complexity index is 563. The molecule has 0 aromatic carbocycles. The number of hydrogen-bond donors (Lipinski definition) is 0. The van der Waals surface area contributed by atoms with Crippen LogP contribution in [0.25, 0.3) is 0 Å². The van der Waals surface area contributed by atoms with E-state index >= 15 is 0 Å². The van der Waals surface area contributed by atoms with Crippen molar-refractivity contribution in [3.8, 4) is 0 Å². The highest BCUT2D eigenvalue weighted by atomic mass is 16.5. The molecule has 0 saturated carbocycles. The van der Waals surface area contributed by atoms with Crippen LogP contribution in [-0.2, 0) is 16.1 Å². The molecular weight excluding hydrogens is 284 g/mol. The number of hydrogen-bond acceptors (Lipinski definition) is 5. The van der Waals surface area contributed by atoms with Gasteiger partial charge in [-0.1, -0.05) is 5.16 Å². The van der Waals surface area contributed by atoms with Crippen molar-refractivity contribution in [2.75, 3.05) is 39.8 Å². The molecule has 7 nitrogen and oxygen atoms in total. The number of rotatable bonds is 3. The molecule has 0 bridgehead atoms. The van der Waals surface area contributed by atoms with Gasteiger partial charge < -0.3 is 14.3 Å². The lowest BCUT2D eigenvalue weighted by Gasteiger charge is -2.35. The molecular formula is C15H22N4O3. The molecule has 3 rings (SSSR count). The van der Waals surface area contributed by atoms with E-state index in [1.807, 2.05) is 17.9 Å². The zero-order valence-corrected chi connectivity index (χ0v) is 13.1. The lowest BCUT2D eigenvalue weighted by molar-refractivity contribution is -0.137. The average Bonchev–Trinajstić information content (AvgIpc) is 3.05. The summed E-state index contributed by atoms with van der Waals surface area (Å²) in [5.41, 5.74) is 0.931. The standard InChI is InChI=1S/C15H22N4O3/c1-11-7-13(16-22-11)10-18-3-5-19(6-4-18)15(21)12-8-14(20)17(2)9-12/h7,12H,3-6,8-10H2,1-2H3. The summed E-state index contributed by atoms with van der Waals surface area (Å²) in [6, 6.07) is 1.94. The van der Waals surface area contributed by atoms with Gasteiger partial charge in [0.1, 0.15) is 5.76 Å².